The van der Waals surface area contributed by atoms with E-state index in [2.05, 4.69) is 5.32 Å². The summed E-state index contributed by atoms with van der Waals surface area (Å²) in [5.41, 5.74) is 0.524. The fourth-order valence-electron chi connectivity index (χ4n) is 2.59. The van der Waals surface area contributed by atoms with E-state index < -0.39 is 15.7 Å². The van der Waals surface area contributed by atoms with Crippen LogP contribution < -0.4 is 5.32 Å². The summed E-state index contributed by atoms with van der Waals surface area (Å²) in [4.78, 5) is 0. The van der Waals surface area contributed by atoms with Crippen molar-refractivity contribution in [3.63, 3.8) is 0 Å². The van der Waals surface area contributed by atoms with Crippen molar-refractivity contribution in [1.29, 1.82) is 0 Å². The minimum Gasteiger partial charge on any atom is -0.316 e. The van der Waals surface area contributed by atoms with Gasteiger partial charge >= 0.3 is 0 Å². The molecule has 1 aromatic rings. The topological polar surface area (TPSA) is 46.2 Å². The first kappa shape index (κ1) is 14.8. The molecular formula is C13H17ClFNO2S. The highest BCUT2D eigenvalue weighted by Gasteiger charge is 2.33. The van der Waals surface area contributed by atoms with Gasteiger partial charge in [0.05, 0.1) is 16.5 Å². The number of benzene rings is 1. The maximum atomic E-state index is 13.9. The minimum absolute atomic E-state index is 0.0355. The highest BCUT2D eigenvalue weighted by Crippen LogP contribution is 2.26. The van der Waals surface area contributed by atoms with Gasteiger partial charge in [-0.1, -0.05) is 23.7 Å². The highest BCUT2D eigenvalue weighted by atomic mass is 35.5. The zero-order chi connectivity index (χ0) is 14.0. The normalized spacial score (nSPS) is 23.4. The fraction of sp³-hybridized carbons (Fsp3) is 0.538. The van der Waals surface area contributed by atoms with Crippen molar-refractivity contribution in [3.8, 4) is 0 Å². The fourth-order valence-corrected chi connectivity index (χ4v) is 4.66. The van der Waals surface area contributed by atoms with Crippen LogP contribution in [0.25, 0.3) is 0 Å². The lowest BCUT2D eigenvalue weighted by Crippen LogP contribution is -2.36. The minimum atomic E-state index is -2.92. The molecule has 0 aromatic heterocycles. The molecule has 2 rings (SSSR count). The third-order valence-electron chi connectivity index (χ3n) is 3.68. The molecule has 1 fully saturated rings. The highest BCUT2D eigenvalue weighted by molar-refractivity contribution is 7.91. The van der Waals surface area contributed by atoms with Gasteiger partial charge in [-0.2, -0.15) is 0 Å². The van der Waals surface area contributed by atoms with Gasteiger partial charge in [0.15, 0.2) is 9.84 Å². The Morgan fingerprint density at radius 1 is 1.53 bits per heavy atom. The van der Waals surface area contributed by atoms with Crippen molar-refractivity contribution in [1.82, 2.24) is 5.32 Å². The van der Waals surface area contributed by atoms with Gasteiger partial charge in [0.25, 0.3) is 0 Å². The van der Waals surface area contributed by atoms with Crippen LogP contribution in [0.3, 0.4) is 0 Å². The molecule has 0 aliphatic carbocycles. The van der Waals surface area contributed by atoms with Gasteiger partial charge in [-0.25, -0.2) is 12.8 Å². The van der Waals surface area contributed by atoms with Crippen LogP contribution in [-0.2, 0) is 16.3 Å². The first-order valence-corrected chi connectivity index (χ1v) is 8.43. The predicted octanol–water partition coefficient (Wildman–Crippen LogP) is 2.04. The van der Waals surface area contributed by atoms with E-state index in [0.29, 0.717) is 18.4 Å². The third-order valence-corrected chi connectivity index (χ3v) is 5.76. The molecule has 106 valence electrons. The van der Waals surface area contributed by atoms with E-state index in [1.54, 1.807) is 19.2 Å². The smallest absolute Gasteiger partial charge is 0.150 e. The number of hydrogen-bond acceptors (Lipinski definition) is 3. The molecule has 0 radical (unpaired) electrons. The van der Waals surface area contributed by atoms with E-state index in [1.165, 1.54) is 6.07 Å². The van der Waals surface area contributed by atoms with E-state index >= 15 is 0 Å². The summed E-state index contributed by atoms with van der Waals surface area (Å²) in [5.74, 6) is 0.0350. The van der Waals surface area contributed by atoms with Gasteiger partial charge in [0.2, 0.25) is 0 Å². The zero-order valence-electron chi connectivity index (χ0n) is 10.7. The van der Waals surface area contributed by atoms with Crippen molar-refractivity contribution in [3.05, 3.63) is 34.6 Å². The Balaban J connectivity index is 2.14. The van der Waals surface area contributed by atoms with E-state index in [0.717, 1.165) is 0 Å². The molecule has 1 aliphatic heterocycles. The lowest BCUT2D eigenvalue weighted by molar-refractivity contribution is 0.398. The molecule has 6 heteroatoms. The molecule has 0 bridgehead atoms. The van der Waals surface area contributed by atoms with Crippen LogP contribution in [0.2, 0.25) is 5.02 Å². The maximum absolute atomic E-state index is 13.9. The Labute approximate surface area is 118 Å². The van der Waals surface area contributed by atoms with Crippen molar-refractivity contribution in [2.45, 2.75) is 18.9 Å². The molecule has 1 aromatic carbocycles. The Hall–Kier alpha value is -0.650. The summed E-state index contributed by atoms with van der Waals surface area (Å²) in [6.07, 6.45) is 1.08. The van der Waals surface area contributed by atoms with Crippen molar-refractivity contribution in [2.75, 3.05) is 18.6 Å². The average Bonchev–Trinajstić information content (AvgIpc) is 2.71. The lowest BCUT2D eigenvalue weighted by atomic mass is 9.93. The number of nitrogens with one attached hydrogen (secondary N) is 1. The molecule has 0 saturated carbocycles. The Kier molecular flexibility index (Phi) is 4.48. The average molecular weight is 306 g/mol. The summed E-state index contributed by atoms with van der Waals surface area (Å²) in [6.45, 7) is 0. The van der Waals surface area contributed by atoms with Crippen LogP contribution in [-0.4, -0.2) is 33.0 Å². The van der Waals surface area contributed by atoms with Crippen LogP contribution in [0.4, 0.5) is 4.39 Å². The molecule has 2 unspecified atom stereocenters. The number of rotatable bonds is 4. The first-order chi connectivity index (χ1) is 8.93. The SMILES string of the molecule is CNC(Cc1cccc(Cl)c1F)C1CCS(=O)(=O)C1. The molecule has 19 heavy (non-hydrogen) atoms. The third kappa shape index (κ3) is 3.46. The number of sulfone groups is 1. The van der Waals surface area contributed by atoms with E-state index in [4.69, 9.17) is 11.6 Å². The summed E-state index contributed by atoms with van der Waals surface area (Å²) >= 11 is 5.75. The Bertz CT molecular complexity index is 562. The molecule has 1 N–H and O–H groups in total. The lowest BCUT2D eigenvalue weighted by Gasteiger charge is -2.22. The van der Waals surface area contributed by atoms with Crippen LogP contribution in [0.15, 0.2) is 18.2 Å². The summed E-state index contributed by atoms with van der Waals surface area (Å²) in [6, 6.07) is 4.85. The quantitative estimate of drug-likeness (QED) is 0.926. The van der Waals surface area contributed by atoms with E-state index in [1.807, 2.05) is 0 Å². The molecule has 3 nitrogen and oxygen atoms in total. The van der Waals surface area contributed by atoms with E-state index in [9.17, 15) is 12.8 Å². The summed E-state index contributed by atoms with van der Waals surface area (Å²) in [7, 11) is -1.15. The van der Waals surface area contributed by atoms with Crippen molar-refractivity contribution < 1.29 is 12.8 Å². The Morgan fingerprint density at radius 3 is 2.84 bits per heavy atom. The largest absolute Gasteiger partial charge is 0.316 e. The van der Waals surface area contributed by atoms with Crippen molar-refractivity contribution in [2.24, 2.45) is 5.92 Å². The summed E-state index contributed by atoms with van der Waals surface area (Å²) in [5, 5.41) is 3.21. The van der Waals surface area contributed by atoms with Gasteiger partial charge in [0.1, 0.15) is 5.82 Å². The second-order valence-corrected chi connectivity index (χ2v) is 7.61. The Morgan fingerprint density at radius 2 is 2.26 bits per heavy atom. The van der Waals surface area contributed by atoms with Gasteiger partial charge in [-0.3, -0.25) is 0 Å². The van der Waals surface area contributed by atoms with Crippen LogP contribution in [0.5, 0.6) is 0 Å². The molecule has 0 amide bonds. The van der Waals surface area contributed by atoms with Gasteiger partial charge < -0.3 is 5.32 Å². The van der Waals surface area contributed by atoms with Crippen LogP contribution >= 0.6 is 11.6 Å². The predicted molar refractivity (Wildman–Crippen MR) is 74.7 cm³/mol. The van der Waals surface area contributed by atoms with Crippen LogP contribution in [0.1, 0.15) is 12.0 Å². The van der Waals surface area contributed by atoms with Gasteiger partial charge in [-0.15, -0.1) is 0 Å². The number of likely N-dealkylation sites (N-methyl/N-ethyl adjacent to an activating group) is 1. The second-order valence-electron chi connectivity index (χ2n) is 4.98. The molecular weight excluding hydrogens is 289 g/mol. The number of hydrogen-bond donors (Lipinski definition) is 1. The zero-order valence-corrected chi connectivity index (χ0v) is 12.3. The standard InChI is InChI=1S/C13H17ClFNO2S/c1-16-12(10-5-6-19(17,18)8-10)7-9-3-2-4-11(14)13(9)15/h2-4,10,12,16H,5-8H2,1H3. The van der Waals surface area contributed by atoms with Gasteiger partial charge in [-0.05, 0) is 37.4 Å². The monoisotopic (exact) mass is 305 g/mol. The molecule has 1 heterocycles. The molecule has 2 atom stereocenters. The maximum Gasteiger partial charge on any atom is 0.150 e. The van der Waals surface area contributed by atoms with Gasteiger partial charge in [0, 0.05) is 6.04 Å². The molecule has 1 aliphatic rings. The van der Waals surface area contributed by atoms with Crippen LogP contribution in [0, 0.1) is 11.7 Å². The molecule has 1 saturated heterocycles. The first-order valence-electron chi connectivity index (χ1n) is 6.23. The second kappa shape index (κ2) is 5.77. The van der Waals surface area contributed by atoms with Crippen molar-refractivity contribution >= 4 is 21.4 Å². The number of halogens is 2. The molecule has 0 spiro atoms. The van der Waals surface area contributed by atoms with E-state index in [-0.39, 0.29) is 28.5 Å². The summed E-state index contributed by atoms with van der Waals surface area (Å²) < 4.78 is 36.9.